The summed E-state index contributed by atoms with van der Waals surface area (Å²) in [5.41, 5.74) is 6.43. The van der Waals surface area contributed by atoms with Crippen LogP contribution in [0.5, 0.6) is 0 Å². The predicted octanol–water partition coefficient (Wildman–Crippen LogP) is 6.26. The number of nitrogens with one attached hydrogen (secondary N) is 3. The number of aliphatic carboxylic acids is 1. The van der Waals surface area contributed by atoms with Gasteiger partial charge in [-0.3, -0.25) is 19.7 Å². The maximum atomic E-state index is 13.0. The number of fused-ring (bicyclic) bond motifs is 3. The molecule has 4 aromatic rings. The number of carboxylic acids is 1. The van der Waals surface area contributed by atoms with Gasteiger partial charge in [-0.2, -0.15) is 0 Å². The minimum atomic E-state index is -0.963. The van der Waals surface area contributed by atoms with Gasteiger partial charge >= 0.3 is 12.1 Å². The third kappa shape index (κ3) is 9.26. The van der Waals surface area contributed by atoms with E-state index in [9.17, 15) is 24.5 Å². The third-order valence-corrected chi connectivity index (χ3v) is 8.03. The molecule has 0 radical (unpaired) electrons. The van der Waals surface area contributed by atoms with Gasteiger partial charge in [-0.05, 0) is 48.2 Å². The van der Waals surface area contributed by atoms with Crippen molar-refractivity contribution in [3.05, 3.63) is 135 Å². The van der Waals surface area contributed by atoms with Crippen molar-refractivity contribution in [3.63, 3.8) is 0 Å². The quantitative estimate of drug-likeness (QED) is 0.0792. The molecule has 250 valence electrons. The number of hydrogen-bond donors (Lipinski definition) is 4. The number of benzene rings is 4. The number of aryl methyl sites for hydroxylation is 1. The fourth-order valence-electron chi connectivity index (χ4n) is 5.53. The van der Waals surface area contributed by atoms with Crippen molar-refractivity contribution in [2.75, 3.05) is 13.2 Å². The van der Waals surface area contributed by atoms with Crippen LogP contribution in [0.2, 0.25) is 0 Å². The monoisotopic (exact) mass is 653 g/mol. The highest BCUT2D eigenvalue weighted by Crippen LogP contribution is 2.44. The third-order valence-electron chi connectivity index (χ3n) is 8.03. The van der Waals surface area contributed by atoms with Gasteiger partial charge in [0.05, 0.1) is 22.9 Å². The fraction of sp³-hybridized carbons (Fsp3) is 0.270. The van der Waals surface area contributed by atoms with E-state index < -0.39 is 29.1 Å². The molecule has 0 heterocycles. The van der Waals surface area contributed by atoms with E-state index in [1.165, 1.54) is 6.07 Å². The van der Waals surface area contributed by atoms with Crippen LogP contribution < -0.4 is 16.0 Å². The Balaban J connectivity index is 0.000000579. The number of nitro benzene ring substituents is 1. The highest BCUT2D eigenvalue weighted by Gasteiger charge is 2.30. The molecule has 2 atom stereocenters. The molecule has 4 N–H and O–H groups in total. The summed E-state index contributed by atoms with van der Waals surface area (Å²) in [6.07, 6.45) is -0.947. The van der Waals surface area contributed by atoms with Gasteiger partial charge in [-0.25, -0.2) is 4.79 Å². The molecule has 2 amide bonds. The number of carbonyl (C=O) groups excluding carboxylic acids is 2. The number of alkyl carbamates (subject to hydrolysis) is 1. The summed E-state index contributed by atoms with van der Waals surface area (Å²) in [6.45, 7) is 6.56. The Hall–Kier alpha value is -5.55. The molecule has 0 bridgehead atoms. The topological polar surface area (TPSA) is 160 Å². The van der Waals surface area contributed by atoms with E-state index >= 15 is 0 Å². The summed E-state index contributed by atoms with van der Waals surface area (Å²) in [6, 6.07) is 28.5. The molecule has 11 heteroatoms. The number of rotatable bonds is 12. The molecule has 1 aliphatic carbocycles. The first kappa shape index (κ1) is 35.3. The van der Waals surface area contributed by atoms with Crippen LogP contribution in [0.3, 0.4) is 0 Å². The van der Waals surface area contributed by atoms with Crippen LogP contribution in [0.1, 0.15) is 60.0 Å². The Morgan fingerprint density at radius 2 is 1.48 bits per heavy atom. The van der Waals surface area contributed by atoms with Crippen LogP contribution in [-0.4, -0.2) is 47.2 Å². The molecule has 0 fully saturated rings. The van der Waals surface area contributed by atoms with Crippen LogP contribution in [0, 0.1) is 17.0 Å². The van der Waals surface area contributed by atoms with Gasteiger partial charge in [0.1, 0.15) is 12.6 Å². The molecule has 0 saturated heterocycles. The Bertz CT molecular complexity index is 1700. The Morgan fingerprint density at radius 1 is 0.896 bits per heavy atom. The standard InChI is InChI=1S/C32H29N3O5.C5H11NO2/c1-21-14-16-22(17-15-21)19-33-31(36)18-29(27-12-6-7-13-30(27)35(38)39)34-32(37)40-20-28-25-10-4-2-8-23(25)24-9-3-5-11-26(24)28;1-3-6-4(2)5(7)8/h2-17,28-29H,18-20H2,1H3,(H,33,36)(H,34,37);4,6H,3H2,1-2H3,(H,7,8)/t;4-/m.1/s1/i34+1;. The number of carboxylic acid groups (broad SMARTS) is 1. The van der Waals surface area contributed by atoms with Crippen LogP contribution in [0.4, 0.5) is 10.5 Å². The van der Waals surface area contributed by atoms with E-state index in [-0.39, 0.29) is 36.1 Å². The van der Waals surface area contributed by atoms with Crippen LogP contribution in [0.15, 0.2) is 97.1 Å². The molecular formula is C37H40N4O7. The van der Waals surface area contributed by atoms with Crippen molar-refractivity contribution in [1.82, 2.24) is 16.0 Å². The number of hydrogen-bond acceptors (Lipinski definition) is 7. The summed E-state index contributed by atoms with van der Waals surface area (Å²) in [5, 5.41) is 28.3. The van der Waals surface area contributed by atoms with Crippen LogP contribution >= 0.6 is 0 Å². The smallest absolute Gasteiger partial charge is 0.407 e. The molecule has 0 aliphatic heterocycles. The fourth-order valence-corrected chi connectivity index (χ4v) is 5.53. The van der Waals surface area contributed by atoms with Gasteiger partial charge < -0.3 is 25.8 Å². The van der Waals surface area contributed by atoms with Gasteiger partial charge in [-0.15, -0.1) is 0 Å². The lowest BCUT2D eigenvalue weighted by Gasteiger charge is -2.20. The number of carbonyl (C=O) groups is 3. The van der Waals surface area contributed by atoms with E-state index in [1.807, 2.05) is 86.6 Å². The first-order chi connectivity index (χ1) is 23.1. The lowest BCUT2D eigenvalue weighted by molar-refractivity contribution is -0.385. The van der Waals surface area contributed by atoms with Crippen LogP contribution in [-0.2, 0) is 20.9 Å². The lowest BCUT2D eigenvalue weighted by Crippen LogP contribution is -2.34. The van der Waals surface area contributed by atoms with Gasteiger partial charge in [0.15, 0.2) is 0 Å². The zero-order valence-electron chi connectivity index (χ0n) is 27.1. The predicted molar refractivity (Wildman–Crippen MR) is 182 cm³/mol. The van der Waals surface area contributed by atoms with Crippen molar-refractivity contribution in [3.8, 4) is 11.1 Å². The second-order valence-electron chi connectivity index (χ2n) is 11.4. The van der Waals surface area contributed by atoms with Crippen LogP contribution in [0.25, 0.3) is 11.1 Å². The molecule has 48 heavy (non-hydrogen) atoms. The second-order valence-corrected chi connectivity index (χ2v) is 11.4. The first-order valence-corrected chi connectivity index (χ1v) is 15.7. The van der Waals surface area contributed by atoms with E-state index in [4.69, 9.17) is 9.84 Å². The summed E-state index contributed by atoms with van der Waals surface area (Å²) in [7, 11) is 0. The Labute approximate surface area is 279 Å². The van der Waals surface area contributed by atoms with Crippen molar-refractivity contribution in [2.24, 2.45) is 0 Å². The summed E-state index contributed by atoms with van der Waals surface area (Å²) in [4.78, 5) is 47.2. The number of nitrogens with zero attached hydrogens (tertiary/aromatic N) is 1. The summed E-state index contributed by atoms with van der Waals surface area (Å²) < 4.78 is 5.66. The molecule has 0 saturated carbocycles. The number of para-hydroxylation sites is 1. The van der Waals surface area contributed by atoms with Crippen molar-refractivity contribution >= 4 is 23.7 Å². The molecule has 0 spiro atoms. The maximum Gasteiger partial charge on any atom is 0.407 e. The zero-order valence-corrected chi connectivity index (χ0v) is 27.1. The highest BCUT2D eigenvalue weighted by atomic mass is 16.6. The molecule has 1 aliphatic rings. The van der Waals surface area contributed by atoms with Crippen molar-refractivity contribution in [1.29, 1.82) is 0 Å². The average molecular weight is 654 g/mol. The largest absolute Gasteiger partial charge is 0.480 e. The molecular weight excluding hydrogens is 613 g/mol. The van der Waals surface area contributed by atoms with Crippen molar-refractivity contribution < 1.29 is 29.2 Å². The van der Waals surface area contributed by atoms with E-state index in [2.05, 4.69) is 16.0 Å². The summed E-state index contributed by atoms with van der Waals surface area (Å²) in [5.74, 6) is -1.30. The molecule has 5 rings (SSSR count). The SMILES string of the molecule is CCN[C@H](C)C(=O)O.Cc1ccc(CNC(=O)CC([15NH]C(=O)OCC2c3ccccc3-c3ccccc32)c2ccccc2[N+](=O)[O-])cc1. The van der Waals surface area contributed by atoms with E-state index in [0.29, 0.717) is 13.1 Å². The van der Waals surface area contributed by atoms with Gasteiger partial charge in [0.2, 0.25) is 5.91 Å². The Kier molecular flexibility index (Phi) is 12.4. The maximum absolute atomic E-state index is 13.0. The molecule has 1 unspecified atom stereocenters. The van der Waals surface area contributed by atoms with E-state index in [1.54, 1.807) is 25.1 Å². The number of likely N-dealkylation sites (N-methyl/N-ethyl adjacent to an activating group) is 1. The number of ether oxygens (including phenoxy) is 1. The number of amides is 2. The minimum absolute atomic E-state index is 0.0864. The first-order valence-electron chi connectivity index (χ1n) is 15.7. The van der Waals surface area contributed by atoms with Gasteiger partial charge in [0.25, 0.3) is 5.69 Å². The summed E-state index contributed by atoms with van der Waals surface area (Å²) >= 11 is 0. The zero-order chi connectivity index (χ0) is 34.6. The highest BCUT2D eigenvalue weighted by molar-refractivity contribution is 5.80. The minimum Gasteiger partial charge on any atom is -0.480 e. The van der Waals surface area contributed by atoms with Gasteiger partial charge in [0, 0.05) is 18.5 Å². The normalized spacial score (nSPS) is 12.7. The average Bonchev–Trinajstić information content (AvgIpc) is 3.40. The molecule has 4 aromatic carbocycles. The van der Waals surface area contributed by atoms with E-state index in [0.717, 1.165) is 33.4 Å². The molecule has 11 nitrogen and oxygen atoms in total. The lowest BCUT2D eigenvalue weighted by atomic mass is 9.98. The number of nitro groups is 1. The Morgan fingerprint density at radius 3 is 2.04 bits per heavy atom. The molecule has 0 aromatic heterocycles. The van der Waals surface area contributed by atoms with Gasteiger partial charge in [-0.1, -0.05) is 103 Å². The van der Waals surface area contributed by atoms with Crippen molar-refractivity contribution in [2.45, 2.75) is 51.7 Å². The second kappa shape index (κ2) is 16.8.